The molecule has 3 aromatic rings. The van der Waals surface area contributed by atoms with Gasteiger partial charge in [0.2, 0.25) is 5.91 Å². The first kappa shape index (κ1) is 24.0. The highest BCUT2D eigenvalue weighted by Gasteiger charge is 2.52. The summed E-state index contributed by atoms with van der Waals surface area (Å²) >= 11 is 0. The number of fused-ring (bicyclic) bond motifs is 1. The van der Waals surface area contributed by atoms with Crippen LogP contribution in [0.5, 0.6) is 0 Å². The summed E-state index contributed by atoms with van der Waals surface area (Å²) in [6.45, 7) is 5.69. The van der Waals surface area contributed by atoms with Gasteiger partial charge in [0.15, 0.2) is 0 Å². The van der Waals surface area contributed by atoms with Crippen LogP contribution in [-0.2, 0) is 11.3 Å². The molecule has 5 rings (SSSR count). The highest BCUT2D eigenvalue weighted by molar-refractivity contribution is 5.86. The van der Waals surface area contributed by atoms with Crippen molar-refractivity contribution in [3.63, 3.8) is 0 Å². The largest absolute Gasteiger partial charge is 0.342 e. The van der Waals surface area contributed by atoms with E-state index in [0.717, 1.165) is 65.0 Å². The van der Waals surface area contributed by atoms with Gasteiger partial charge in [0.05, 0.1) is 5.41 Å². The average molecular weight is 470 g/mol. The van der Waals surface area contributed by atoms with Gasteiger partial charge in [0.25, 0.3) is 0 Å². The van der Waals surface area contributed by atoms with Gasteiger partial charge in [-0.1, -0.05) is 72.8 Å². The zero-order chi connectivity index (χ0) is 24.3. The van der Waals surface area contributed by atoms with Crippen molar-refractivity contribution in [1.82, 2.24) is 14.7 Å². The first-order valence-corrected chi connectivity index (χ1v) is 13.2. The molecule has 1 spiro atoms. The maximum Gasteiger partial charge on any atom is 0.229 e. The topological polar surface area (TPSA) is 26.8 Å². The van der Waals surface area contributed by atoms with Gasteiger partial charge in [0, 0.05) is 25.6 Å². The smallest absolute Gasteiger partial charge is 0.229 e. The molecule has 2 heterocycles. The summed E-state index contributed by atoms with van der Waals surface area (Å²) < 4.78 is 0. The molecule has 1 atom stereocenters. The predicted octanol–water partition coefficient (Wildman–Crippen LogP) is 5.39. The molecule has 2 fully saturated rings. The maximum absolute atomic E-state index is 14.1. The molecule has 4 heteroatoms. The molecule has 4 nitrogen and oxygen atoms in total. The Morgan fingerprint density at radius 3 is 2.37 bits per heavy atom. The van der Waals surface area contributed by atoms with Crippen molar-refractivity contribution in [3.8, 4) is 0 Å². The number of piperidine rings is 2. The second-order valence-electron chi connectivity index (χ2n) is 10.8. The number of likely N-dealkylation sites (tertiary alicyclic amines) is 2. The second kappa shape index (κ2) is 10.5. The summed E-state index contributed by atoms with van der Waals surface area (Å²) in [5.41, 5.74) is 2.46. The number of hydrogen-bond acceptors (Lipinski definition) is 3. The van der Waals surface area contributed by atoms with Crippen molar-refractivity contribution in [3.05, 3.63) is 83.9 Å². The molecule has 0 radical (unpaired) electrons. The summed E-state index contributed by atoms with van der Waals surface area (Å²) in [7, 11) is 4.22. The lowest BCUT2D eigenvalue weighted by Crippen LogP contribution is -2.57. The molecular weight excluding hydrogens is 430 g/mol. The highest BCUT2D eigenvalue weighted by atomic mass is 16.2. The Hall–Kier alpha value is -2.69. The first-order valence-electron chi connectivity index (χ1n) is 13.2. The van der Waals surface area contributed by atoms with Gasteiger partial charge in [-0.25, -0.2) is 0 Å². The van der Waals surface area contributed by atoms with Gasteiger partial charge >= 0.3 is 0 Å². The Morgan fingerprint density at radius 2 is 1.60 bits per heavy atom. The van der Waals surface area contributed by atoms with Gasteiger partial charge in [-0.3, -0.25) is 9.69 Å². The van der Waals surface area contributed by atoms with E-state index in [-0.39, 0.29) is 5.41 Å². The van der Waals surface area contributed by atoms with Gasteiger partial charge in [-0.15, -0.1) is 0 Å². The number of amides is 1. The van der Waals surface area contributed by atoms with E-state index in [0.29, 0.717) is 11.8 Å². The summed E-state index contributed by atoms with van der Waals surface area (Å²) in [6, 6.07) is 26.1. The Kier molecular flexibility index (Phi) is 7.22. The minimum absolute atomic E-state index is 0.271. The molecular formula is C31H39N3O. The quantitative estimate of drug-likeness (QED) is 0.464. The van der Waals surface area contributed by atoms with E-state index in [4.69, 9.17) is 0 Å². The van der Waals surface area contributed by atoms with Crippen molar-refractivity contribution < 1.29 is 4.79 Å². The third-order valence-corrected chi connectivity index (χ3v) is 8.33. The van der Waals surface area contributed by atoms with E-state index < -0.39 is 0 Å². The standard InChI is InChI=1S/C31H39N3O/c1-32(2)19-9-20-34-21-16-29(26-11-4-3-5-12-26)31(30(34)35)17-22-33(23-18-31)24-27-14-8-13-25-10-6-7-15-28(25)27/h3-8,10-15,29H,9,16-24H2,1-2H3. The van der Waals surface area contributed by atoms with E-state index in [1.807, 2.05) is 0 Å². The van der Waals surface area contributed by atoms with Crippen molar-refractivity contribution >= 4 is 16.7 Å². The van der Waals surface area contributed by atoms with Gasteiger partial charge in [0.1, 0.15) is 0 Å². The first-order chi connectivity index (χ1) is 17.1. The Morgan fingerprint density at radius 1 is 0.886 bits per heavy atom. The molecule has 0 aliphatic carbocycles. The predicted molar refractivity (Wildman–Crippen MR) is 144 cm³/mol. The monoisotopic (exact) mass is 469 g/mol. The highest BCUT2D eigenvalue weighted by Crippen LogP contribution is 2.50. The van der Waals surface area contributed by atoms with Gasteiger partial charge < -0.3 is 9.80 Å². The number of hydrogen-bond donors (Lipinski definition) is 0. The Labute approximate surface area is 210 Å². The van der Waals surface area contributed by atoms with Gasteiger partial charge in [-0.2, -0.15) is 0 Å². The molecule has 0 aromatic heterocycles. The number of benzene rings is 3. The zero-order valence-electron chi connectivity index (χ0n) is 21.3. The Balaban J connectivity index is 1.34. The fraction of sp³-hybridized carbons (Fsp3) is 0.452. The van der Waals surface area contributed by atoms with E-state index in [2.05, 4.69) is 102 Å². The molecule has 2 aliphatic rings. The minimum atomic E-state index is -0.271. The normalized spacial score (nSPS) is 20.7. The van der Waals surface area contributed by atoms with Crippen LogP contribution >= 0.6 is 0 Å². The molecule has 1 amide bonds. The van der Waals surface area contributed by atoms with E-state index in [1.165, 1.54) is 21.9 Å². The third-order valence-electron chi connectivity index (χ3n) is 8.33. The van der Waals surface area contributed by atoms with Crippen molar-refractivity contribution in [2.75, 3.05) is 46.8 Å². The van der Waals surface area contributed by atoms with Crippen LogP contribution in [0.2, 0.25) is 0 Å². The molecule has 0 N–H and O–H groups in total. The van der Waals surface area contributed by atoms with Crippen LogP contribution in [0.4, 0.5) is 0 Å². The average Bonchev–Trinajstić information content (AvgIpc) is 2.88. The van der Waals surface area contributed by atoms with Gasteiger partial charge in [-0.05, 0) is 81.3 Å². The van der Waals surface area contributed by atoms with E-state index in [9.17, 15) is 4.79 Å². The molecule has 0 bridgehead atoms. The summed E-state index contributed by atoms with van der Waals surface area (Å²) in [4.78, 5) is 21.1. The van der Waals surface area contributed by atoms with Crippen molar-refractivity contribution in [1.29, 1.82) is 0 Å². The molecule has 1 unspecified atom stereocenters. The summed E-state index contributed by atoms with van der Waals surface area (Å²) in [5.74, 6) is 0.724. The zero-order valence-corrected chi connectivity index (χ0v) is 21.3. The van der Waals surface area contributed by atoms with Crippen LogP contribution in [0.25, 0.3) is 10.8 Å². The number of carbonyl (C=O) groups excluding carboxylic acids is 1. The summed E-state index contributed by atoms with van der Waals surface area (Å²) in [6.07, 6.45) is 4.00. The molecule has 35 heavy (non-hydrogen) atoms. The molecule has 2 saturated heterocycles. The molecule has 184 valence electrons. The van der Waals surface area contributed by atoms with Crippen LogP contribution < -0.4 is 0 Å². The lowest BCUT2D eigenvalue weighted by atomic mass is 9.62. The third kappa shape index (κ3) is 5.00. The summed E-state index contributed by atoms with van der Waals surface area (Å²) in [5, 5.41) is 2.65. The number of nitrogens with zero attached hydrogens (tertiary/aromatic N) is 3. The van der Waals surface area contributed by atoms with Crippen molar-refractivity contribution in [2.45, 2.75) is 38.1 Å². The Bertz CT molecular complexity index is 1130. The lowest BCUT2D eigenvalue weighted by Gasteiger charge is -2.51. The maximum atomic E-state index is 14.1. The lowest BCUT2D eigenvalue weighted by molar-refractivity contribution is -0.152. The number of rotatable bonds is 7. The SMILES string of the molecule is CN(C)CCCN1CCC(c2ccccc2)C2(CCN(Cc3cccc4ccccc34)CC2)C1=O. The van der Waals surface area contributed by atoms with Crippen molar-refractivity contribution in [2.24, 2.45) is 5.41 Å². The molecule has 3 aromatic carbocycles. The van der Waals surface area contributed by atoms with Crippen LogP contribution in [0.1, 0.15) is 42.7 Å². The second-order valence-corrected chi connectivity index (χ2v) is 10.8. The van der Waals surface area contributed by atoms with Crippen LogP contribution in [-0.4, -0.2) is 67.4 Å². The number of carbonyl (C=O) groups is 1. The van der Waals surface area contributed by atoms with Crippen LogP contribution in [0.15, 0.2) is 72.8 Å². The van der Waals surface area contributed by atoms with Crippen LogP contribution in [0.3, 0.4) is 0 Å². The fourth-order valence-electron chi connectivity index (χ4n) is 6.43. The molecule has 0 saturated carbocycles. The minimum Gasteiger partial charge on any atom is -0.342 e. The van der Waals surface area contributed by atoms with E-state index in [1.54, 1.807) is 0 Å². The van der Waals surface area contributed by atoms with E-state index >= 15 is 0 Å². The fourth-order valence-corrected chi connectivity index (χ4v) is 6.43. The molecule has 2 aliphatic heterocycles. The van der Waals surface area contributed by atoms with Crippen LogP contribution in [0, 0.1) is 5.41 Å².